The highest BCUT2D eigenvalue weighted by atomic mass is 15.1. The SMILES string of the molecule is CCCCCCCCC=CCCCCCCCCC(C)C(N)C1=NCCN1. The molecule has 0 bridgehead atoms. The van der Waals surface area contributed by atoms with Crippen molar-refractivity contribution in [3.05, 3.63) is 12.2 Å². The highest BCUT2D eigenvalue weighted by molar-refractivity contribution is 5.88. The topological polar surface area (TPSA) is 50.4 Å². The maximum atomic E-state index is 6.29. The molecule has 0 spiro atoms. The van der Waals surface area contributed by atoms with Gasteiger partial charge in [0.1, 0.15) is 5.84 Å². The van der Waals surface area contributed by atoms with Crippen LogP contribution in [0.2, 0.25) is 0 Å². The van der Waals surface area contributed by atoms with E-state index in [0.29, 0.717) is 5.92 Å². The van der Waals surface area contributed by atoms with Crippen LogP contribution in [0.4, 0.5) is 0 Å². The predicted molar refractivity (Wildman–Crippen MR) is 122 cm³/mol. The summed E-state index contributed by atoms with van der Waals surface area (Å²) in [6, 6.07) is 0.107. The molecule has 3 N–H and O–H groups in total. The summed E-state index contributed by atoms with van der Waals surface area (Å²) in [5.74, 6) is 1.57. The summed E-state index contributed by atoms with van der Waals surface area (Å²) < 4.78 is 0. The lowest BCUT2D eigenvalue weighted by Crippen LogP contribution is -2.42. The summed E-state index contributed by atoms with van der Waals surface area (Å²) in [5, 5.41) is 3.31. The van der Waals surface area contributed by atoms with Gasteiger partial charge in [-0.3, -0.25) is 4.99 Å². The molecule has 0 aromatic rings. The van der Waals surface area contributed by atoms with Crippen LogP contribution in [0.5, 0.6) is 0 Å². The molecule has 0 saturated heterocycles. The lowest BCUT2D eigenvalue weighted by Gasteiger charge is -2.20. The number of hydrogen-bond acceptors (Lipinski definition) is 3. The van der Waals surface area contributed by atoms with Gasteiger partial charge in [-0.05, 0) is 38.0 Å². The quantitative estimate of drug-likeness (QED) is 0.215. The normalized spacial score (nSPS) is 16.5. The minimum absolute atomic E-state index is 0.107. The van der Waals surface area contributed by atoms with E-state index < -0.39 is 0 Å². The van der Waals surface area contributed by atoms with Crippen LogP contribution in [0, 0.1) is 5.92 Å². The van der Waals surface area contributed by atoms with Crippen LogP contribution in [-0.2, 0) is 0 Å². The minimum Gasteiger partial charge on any atom is -0.371 e. The molecular formula is C24H47N3. The number of nitrogens with one attached hydrogen (secondary N) is 1. The van der Waals surface area contributed by atoms with Gasteiger partial charge in [0.15, 0.2) is 0 Å². The highest BCUT2D eigenvalue weighted by Crippen LogP contribution is 2.16. The standard InChI is InChI=1S/C24H47N3/c1-3-4-5-6-7-8-9-10-11-12-13-14-15-16-17-18-19-22(2)23(25)24-26-20-21-27-24/h10-11,22-23H,3-9,12-21,25H2,1-2H3,(H,26,27). The van der Waals surface area contributed by atoms with Gasteiger partial charge in [0, 0.05) is 6.54 Å². The zero-order chi connectivity index (χ0) is 19.6. The maximum Gasteiger partial charge on any atom is 0.114 e. The summed E-state index contributed by atoms with van der Waals surface area (Å²) in [4.78, 5) is 4.46. The minimum atomic E-state index is 0.107. The van der Waals surface area contributed by atoms with E-state index in [0.717, 1.165) is 18.9 Å². The fourth-order valence-electron chi connectivity index (χ4n) is 3.80. The Morgan fingerprint density at radius 1 is 0.889 bits per heavy atom. The van der Waals surface area contributed by atoms with Gasteiger partial charge in [0.2, 0.25) is 0 Å². The summed E-state index contributed by atoms with van der Waals surface area (Å²) in [6.45, 7) is 6.41. The van der Waals surface area contributed by atoms with Crippen molar-refractivity contribution in [3.8, 4) is 0 Å². The predicted octanol–water partition coefficient (Wildman–Crippen LogP) is 6.38. The van der Waals surface area contributed by atoms with Gasteiger partial charge in [0.25, 0.3) is 0 Å². The molecular weight excluding hydrogens is 330 g/mol. The third-order valence-electron chi connectivity index (χ3n) is 5.80. The third-order valence-corrected chi connectivity index (χ3v) is 5.80. The summed E-state index contributed by atoms with van der Waals surface area (Å²) in [6.07, 6.45) is 25.2. The molecule has 2 atom stereocenters. The molecule has 0 aliphatic carbocycles. The Labute approximate surface area is 169 Å². The molecule has 1 aliphatic heterocycles. The van der Waals surface area contributed by atoms with Crippen LogP contribution in [0.25, 0.3) is 0 Å². The van der Waals surface area contributed by atoms with Crippen molar-refractivity contribution in [1.82, 2.24) is 5.32 Å². The van der Waals surface area contributed by atoms with Gasteiger partial charge in [-0.15, -0.1) is 0 Å². The maximum absolute atomic E-state index is 6.29. The number of hydrogen-bond donors (Lipinski definition) is 2. The molecule has 3 heteroatoms. The molecule has 0 aromatic heterocycles. The van der Waals surface area contributed by atoms with E-state index in [9.17, 15) is 0 Å². The van der Waals surface area contributed by atoms with Crippen molar-refractivity contribution in [3.63, 3.8) is 0 Å². The van der Waals surface area contributed by atoms with E-state index in [-0.39, 0.29) is 6.04 Å². The van der Waals surface area contributed by atoms with E-state index >= 15 is 0 Å². The Morgan fingerprint density at radius 3 is 2.00 bits per heavy atom. The van der Waals surface area contributed by atoms with Crippen molar-refractivity contribution in [2.24, 2.45) is 16.6 Å². The van der Waals surface area contributed by atoms with Crippen molar-refractivity contribution < 1.29 is 0 Å². The van der Waals surface area contributed by atoms with Crippen molar-refractivity contribution in [2.45, 2.75) is 116 Å². The van der Waals surface area contributed by atoms with Crippen LogP contribution in [-0.4, -0.2) is 25.0 Å². The van der Waals surface area contributed by atoms with Gasteiger partial charge < -0.3 is 11.1 Å². The van der Waals surface area contributed by atoms with Crippen LogP contribution < -0.4 is 11.1 Å². The molecule has 0 amide bonds. The number of nitrogens with zero attached hydrogens (tertiary/aromatic N) is 1. The first-order valence-corrected chi connectivity index (χ1v) is 11.9. The van der Waals surface area contributed by atoms with Gasteiger partial charge >= 0.3 is 0 Å². The van der Waals surface area contributed by atoms with Crippen molar-refractivity contribution >= 4 is 5.84 Å². The van der Waals surface area contributed by atoms with Gasteiger partial charge in [-0.25, -0.2) is 0 Å². The first kappa shape index (κ1) is 24.2. The Morgan fingerprint density at radius 2 is 1.44 bits per heavy atom. The van der Waals surface area contributed by atoms with E-state index in [4.69, 9.17) is 5.73 Å². The van der Waals surface area contributed by atoms with Crippen LogP contribution in [0.1, 0.15) is 110 Å². The molecule has 1 aliphatic rings. The number of amidine groups is 1. The third kappa shape index (κ3) is 13.1. The molecule has 27 heavy (non-hydrogen) atoms. The first-order chi connectivity index (χ1) is 13.3. The van der Waals surface area contributed by atoms with Gasteiger partial charge in [-0.1, -0.05) is 90.2 Å². The summed E-state index contributed by atoms with van der Waals surface area (Å²) in [5.41, 5.74) is 6.29. The van der Waals surface area contributed by atoms with E-state index in [1.807, 2.05) is 0 Å². The first-order valence-electron chi connectivity index (χ1n) is 11.9. The average Bonchev–Trinajstić information content (AvgIpc) is 3.21. The Balaban J connectivity index is 1.81. The van der Waals surface area contributed by atoms with Crippen LogP contribution >= 0.6 is 0 Å². The Kier molecular flexibility index (Phi) is 15.5. The molecule has 1 rings (SSSR count). The average molecular weight is 378 g/mol. The van der Waals surface area contributed by atoms with Crippen LogP contribution in [0.3, 0.4) is 0 Å². The smallest absolute Gasteiger partial charge is 0.114 e. The van der Waals surface area contributed by atoms with Gasteiger partial charge in [-0.2, -0.15) is 0 Å². The molecule has 0 aromatic carbocycles. The monoisotopic (exact) mass is 377 g/mol. The molecule has 158 valence electrons. The number of nitrogens with two attached hydrogens (primary N) is 1. The Hall–Kier alpha value is -0.830. The van der Waals surface area contributed by atoms with Gasteiger partial charge in [0.05, 0.1) is 12.6 Å². The largest absolute Gasteiger partial charge is 0.371 e. The lowest BCUT2D eigenvalue weighted by atomic mass is 9.94. The second-order valence-corrected chi connectivity index (χ2v) is 8.42. The number of aliphatic imine (C=N–C) groups is 1. The molecule has 0 fully saturated rings. The highest BCUT2D eigenvalue weighted by Gasteiger charge is 2.20. The number of unbranched alkanes of at least 4 members (excludes halogenated alkanes) is 12. The zero-order valence-corrected chi connectivity index (χ0v) is 18.4. The van der Waals surface area contributed by atoms with Crippen molar-refractivity contribution in [2.75, 3.05) is 13.1 Å². The fraction of sp³-hybridized carbons (Fsp3) is 0.875. The lowest BCUT2D eigenvalue weighted by molar-refractivity contribution is 0.455. The second-order valence-electron chi connectivity index (χ2n) is 8.42. The molecule has 1 heterocycles. The van der Waals surface area contributed by atoms with Crippen molar-refractivity contribution in [1.29, 1.82) is 0 Å². The van der Waals surface area contributed by atoms with E-state index in [1.54, 1.807) is 0 Å². The summed E-state index contributed by atoms with van der Waals surface area (Å²) >= 11 is 0. The zero-order valence-electron chi connectivity index (χ0n) is 18.4. The summed E-state index contributed by atoms with van der Waals surface area (Å²) in [7, 11) is 0. The van der Waals surface area contributed by atoms with E-state index in [2.05, 4.69) is 36.3 Å². The molecule has 3 nitrogen and oxygen atoms in total. The van der Waals surface area contributed by atoms with Crippen LogP contribution in [0.15, 0.2) is 17.1 Å². The molecule has 0 radical (unpaired) electrons. The molecule has 2 unspecified atom stereocenters. The Bertz CT molecular complexity index is 389. The fourth-order valence-corrected chi connectivity index (χ4v) is 3.80. The molecule has 0 saturated carbocycles. The van der Waals surface area contributed by atoms with E-state index in [1.165, 1.54) is 96.3 Å². The number of rotatable bonds is 18. The second kappa shape index (κ2) is 17.3. The number of allylic oxidation sites excluding steroid dienone is 2.